The minimum atomic E-state index is -4.82. The minimum absolute atomic E-state index is 0. The average Bonchev–Trinajstić information content (AvgIpc) is 1.61. The number of halogens is 1. The second-order valence-electron chi connectivity index (χ2n) is 27.9. The summed E-state index contributed by atoms with van der Waals surface area (Å²) in [5, 5.41) is 1.78. The van der Waals surface area contributed by atoms with Gasteiger partial charge in [0.15, 0.2) is 0 Å². The van der Waals surface area contributed by atoms with E-state index in [1.165, 1.54) is 6.07 Å². The maximum Gasteiger partial charge on any atom is 1.00 e. The van der Waals surface area contributed by atoms with Gasteiger partial charge in [0.05, 0.1) is 61.3 Å². The molecule has 0 aliphatic carbocycles. The van der Waals surface area contributed by atoms with Gasteiger partial charge in [0.2, 0.25) is 11.8 Å². The number of phosphoric ester groups is 2. The van der Waals surface area contributed by atoms with Crippen LogP contribution in [0.3, 0.4) is 0 Å². The summed E-state index contributed by atoms with van der Waals surface area (Å²) in [6, 6.07) is 53.0. The number of H-pyrrole nitrogens is 2. The predicted octanol–water partition coefficient (Wildman–Crippen LogP) is 17.9. The number of phosphoric acid groups is 2. The van der Waals surface area contributed by atoms with Crippen LogP contribution in [-0.2, 0) is 51.7 Å². The molecule has 12 rings (SSSR count). The second kappa shape index (κ2) is 35.0. The van der Waals surface area contributed by atoms with Gasteiger partial charge in [-0.25, -0.2) is 19.1 Å². The third-order valence-electron chi connectivity index (χ3n) is 17.2. The van der Waals surface area contributed by atoms with E-state index in [2.05, 4.69) is 57.0 Å². The van der Waals surface area contributed by atoms with Crippen LogP contribution in [0.5, 0.6) is 11.5 Å². The SMILES string of the molecule is C.COC1=CC(c2cc3ccccc3n2C(=O)CC(C)(C)c2c(C)cccc2OP(=O)(O)O)=N/C1=C/c1[nH]c(C)cc1C.COC1=CC(c2cc3ccccc3n2C(=O)CC(C)(C)c2c(C)cccc2OP(=O)(OCc2ccccc2)OCc2ccccc2)=N/C1=C/c1[nH]c(C)cc1C.C[Si](C)(C)Br.[H-].[K+]. The van der Waals surface area contributed by atoms with Crippen LogP contribution >= 0.6 is 30.9 Å². The number of hydrogen-bond acceptors (Lipinski definition) is 12. The molecule has 0 fully saturated rings. The molecule has 4 N–H and O–H groups in total. The summed E-state index contributed by atoms with van der Waals surface area (Å²) in [6.07, 6.45) is 7.71. The first-order chi connectivity index (χ1) is 48.7. The van der Waals surface area contributed by atoms with Crippen LogP contribution in [0.4, 0.5) is 0 Å². The van der Waals surface area contributed by atoms with E-state index < -0.39 is 33.2 Å². The van der Waals surface area contributed by atoms with Crippen LogP contribution in [0.25, 0.3) is 34.0 Å². The number of aromatic nitrogens is 4. The Hall–Kier alpha value is -7.57. The number of methoxy groups -OCH3 is 2. The Morgan fingerprint density at radius 1 is 0.543 bits per heavy atom. The number of para-hydroxylation sites is 2. The van der Waals surface area contributed by atoms with E-state index in [0.29, 0.717) is 57.0 Å². The van der Waals surface area contributed by atoms with Gasteiger partial charge in [-0.05, 0) is 136 Å². The van der Waals surface area contributed by atoms with Crippen molar-refractivity contribution in [2.24, 2.45) is 9.98 Å². The number of carbonyl (C=O) groups excluding carboxylic acids is 2. The summed E-state index contributed by atoms with van der Waals surface area (Å²) in [4.78, 5) is 64.6. The van der Waals surface area contributed by atoms with Crippen molar-refractivity contribution < 1.29 is 109 Å². The van der Waals surface area contributed by atoms with Gasteiger partial charge in [-0.3, -0.25) is 37.6 Å². The van der Waals surface area contributed by atoms with E-state index in [-0.39, 0.29) is 104 Å². The minimum Gasteiger partial charge on any atom is -1.00 e. The average molecular weight is 1560 g/mol. The zero-order valence-corrected chi connectivity index (χ0v) is 69.3. The maximum absolute atomic E-state index is 14.8. The number of rotatable bonds is 22. The molecule has 2 aliphatic rings. The van der Waals surface area contributed by atoms with E-state index in [1.54, 1.807) is 35.5 Å². The first kappa shape index (κ1) is 83.1. The Balaban J connectivity index is 0.000000280. The summed E-state index contributed by atoms with van der Waals surface area (Å²) in [5.74, 6) is 1.21. The van der Waals surface area contributed by atoms with Crippen molar-refractivity contribution in [1.82, 2.24) is 19.1 Å². The van der Waals surface area contributed by atoms with Gasteiger partial charge < -0.3 is 29.9 Å². The van der Waals surface area contributed by atoms with Crippen molar-refractivity contribution in [2.75, 3.05) is 14.2 Å². The van der Waals surface area contributed by atoms with Crippen LogP contribution < -0.4 is 60.4 Å². The van der Waals surface area contributed by atoms with Gasteiger partial charge in [0, 0.05) is 80.5 Å². The van der Waals surface area contributed by atoms with Gasteiger partial charge >= 0.3 is 67.0 Å². The van der Waals surface area contributed by atoms with Crippen LogP contribution in [0.2, 0.25) is 19.6 Å². The van der Waals surface area contributed by atoms with Crippen LogP contribution in [0, 0.1) is 41.5 Å². The fourth-order valence-corrected chi connectivity index (χ4v) is 14.6. The molecule has 10 aromatic rings. The number of hydrogen-bond donors (Lipinski definition) is 4. The van der Waals surface area contributed by atoms with Crippen molar-refractivity contribution in [3.05, 3.63) is 284 Å². The summed E-state index contributed by atoms with van der Waals surface area (Å²) < 4.78 is 64.4. The molecule has 18 nitrogen and oxygen atoms in total. The molecule has 0 atom stereocenters. The number of benzene rings is 6. The van der Waals surface area contributed by atoms with E-state index in [0.717, 1.165) is 83.5 Å². The molecule has 0 spiro atoms. The molecule has 23 heteroatoms. The number of aryl methyl sites for hydroxylation is 6. The number of carbonyl (C=O) groups is 2. The summed E-state index contributed by atoms with van der Waals surface area (Å²) in [7, 11) is -5.80. The number of aromatic amines is 2. The topological polar surface area (TPSA) is 230 Å². The maximum atomic E-state index is 14.8. The molecule has 0 unspecified atom stereocenters. The number of allylic oxidation sites excluding steroid dienone is 2. The van der Waals surface area contributed by atoms with Crippen molar-refractivity contribution in [3.63, 3.8) is 0 Å². The van der Waals surface area contributed by atoms with Crippen molar-refractivity contribution in [3.8, 4) is 11.5 Å². The molecule has 0 amide bonds. The predicted molar refractivity (Wildman–Crippen MR) is 426 cm³/mol. The number of ether oxygens (including phenoxy) is 2. The molecule has 0 radical (unpaired) electrons. The van der Waals surface area contributed by atoms with Gasteiger partial charge in [0.1, 0.15) is 41.1 Å². The summed E-state index contributed by atoms with van der Waals surface area (Å²) >= 11 is 3.51. The fourth-order valence-electron chi connectivity index (χ4n) is 13.0. The third kappa shape index (κ3) is 21.0. The Kier molecular flexibility index (Phi) is 27.7. The van der Waals surface area contributed by atoms with E-state index in [9.17, 15) is 28.5 Å². The first-order valence-electron chi connectivity index (χ1n) is 33.7. The van der Waals surface area contributed by atoms with Crippen LogP contribution in [0.1, 0.15) is 138 Å². The number of nitrogens with one attached hydrogen (secondary N) is 2. The molecular weight excluding hydrogens is 1470 g/mol. The number of fused-ring (bicyclic) bond motifs is 2. The van der Waals surface area contributed by atoms with E-state index in [4.69, 9.17) is 37.6 Å². The van der Waals surface area contributed by atoms with E-state index in [1.807, 2.05) is 233 Å². The van der Waals surface area contributed by atoms with Gasteiger partial charge in [-0.15, -0.1) is 15.3 Å². The summed E-state index contributed by atoms with van der Waals surface area (Å²) in [6.45, 7) is 25.5. The molecule has 105 heavy (non-hydrogen) atoms. The Bertz CT molecular complexity index is 5080. The molecular formula is C82H94BrKN6O12P2Si. The number of nitrogens with zero attached hydrogens (tertiary/aromatic N) is 4. The van der Waals surface area contributed by atoms with E-state index >= 15 is 0 Å². The van der Waals surface area contributed by atoms with Gasteiger partial charge in [-0.2, -0.15) is 0 Å². The Morgan fingerprint density at radius 2 is 0.905 bits per heavy atom. The standard InChI is InChI=1S/C46H46N3O6P.C32H34N3O6P.C3H9BrSi.CH4.K.H/c1-31-16-15-23-42(55-56(51,53-29-34-17-9-7-10-18-34)54-30-35-19-11-8-12-20-35)45(31)46(4,5)28-44(50)49-40-22-14-13-21-36(40)25-41(49)38-27-43(52-6)39(48-38)26-37-32(2)24-33(3)47-37;1-19-10-9-13-28(41-42(37,38)39)31(19)32(4,5)18-30(36)35-26-12-8-7-11-22(26)15-27(35)24-17-29(40-6)25(34-24)16-23-20(2)14-21(3)33-23;1-5(2,3)4;;;/h7-27,47H,28-30H2,1-6H3;7-17,33H,18H2,1-6H3,(H2,37,38,39);1-3H3;1H4;;/q;;;;+1;-1/b39-26+;25-16+;;;;. The number of aliphatic imine (C=N–C) groups is 2. The monoisotopic (exact) mass is 1560 g/mol. The van der Waals surface area contributed by atoms with Crippen molar-refractivity contribution in [1.29, 1.82) is 0 Å². The second-order valence-corrected chi connectivity index (χ2v) is 42.0. The van der Waals surface area contributed by atoms with Gasteiger partial charge in [-0.1, -0.05) is 176 Å². The fraction of sp³-hybridized carbons (Fsp3) is 0.268. The van der Waals surface area contributed by atoms with Crippen molar-refractivity contribution in [2.45, 2.75) is 133 Å². The smallest absolute Gasteiger partial charge is 1.00 e. The first-order valence-corrected chi connectivity index (χ1v) is 42.5. The Morgan fingerprint density at radius 3 is 1.26 bits per heavy atom. The third-order valence-corrected chi connectivity index (χ3v) is 19.0. The zero-order valence-electron chi connectivity index (χ0n) is 62.8. The molecule has 0 bridgehead atoms. The quantitative estimate of drug-likeness (QED) is 0.0282. The molecule has 4 aromatic heterocycles. The van der Waals surface area contributed by atoms with Crippen molar-refractivity contribution >= 4 is 94.8 Å². The molecule has 6 aromatic carbocycles. The molecule has 2 aliphatic heterocycles. The van der Waals surface area contributed by atoms with Crippen LogP contribution in [-0.4, -0.2) is 73.0 Å². The largest absolute Gasteiger partial charge is 1.00 e. The zero-order chi connectivity index (χ0) is 74.3. The normalized spacial score (nSPS) is 13.9. The summed E-state index contributed by atoms with van der Waals surface area (Å²) in [5.41, 5.74) is 14.3. The van der Waals surface area contributed by atoms with Gasteiger partial charge in [0.25, 0.3) is 0 Å². The molecule has 546 valence electrons. The molecule has 6 heterocycles. The van der Waals surface area contributed by atoms with Crippen LogP contribution in [0.15, 0.2) is 215 Å². The Labute approximate surface area is 669 Å². The molecule has 0 saturated heterocycles. The molecule has 0 saturated carbocycles.